The second kappa shape index (κ2) is 34.7. The summed E-state index contributed by atoms with van der Waals surface area (Å²) in [4.78, 5) is 114. The molecule has 4 bridgehead atoms. The Morgan fingerprint density at radius 2 is 1.25 bits per heavy atom. The molecular weight excluding hydrogens is 1660 g/mol. The van der Waals surface area contributed by atoms with Crippen molar-refractivity contribution in [3.63, 3.8) is 0 Å². The summed E-state index contributed by atoms with van der Waals surface area (Å²) in [5, 5.41) is 39.3. The number of rotatable bonds is 21. The minimum Gasteiger partial charge on any atom is -0.374 e. The molecule has 2 aromatic carbocycles. The summed E-state index contributed by atoms with van der Waals surface area (Å²) in [6.07, 6.45) is 8.02. The summed E-state index contributed by atoms with van der Waals surface area (Å²) in [7, 11) is 3.33. The lowest BCUT2D eigenvalue weighted by molar-refractivity contribution is -0.136. The summed E-state index contributed by atoms with van der Waals surface area (Å²) in [6.45, 7) is 6.68. The Bertz CT molecular complexity index is 6030. The zero-order valence-corrected chi connectivity index (χ0v) is 70.8. The van der Waals surface area contributed by atoms with Gasteiger partial charge in [0.2, 0.25) is 30.0 Å². The first-order valence-electron chi connectivity index (χ1n) is 44.4. The van der Waals surface area contributed by atoms with Crippen LogP contribution >= 0.6 is 0 Å². The topological polar surface area (TPSA) is 350 Å². The molecule has 6 amide bonds. The number of nitrogens with zero attached hydrogens (tertiary/aromatic N) is 18. The molecule has 672 valence electrons. The number of likely N-dealkylation sites (tertiary alicyclic amines) is 2. The van der Waals surface area contributed by atoms with Crippen molar-refractivity contribution >= 4 is 92.2 Å². The number of halogens is 5. The predicted octanol–water partition coefficient (Wildman–Crippen LogP) is 7.63. The molecule has 0 radical (unpaired) electrons. The van der Waals surface area contributed by atoms with Crippen LogP contribution in [0.15, 0.2) is 90.5 Å². The molecule has 13 atom stereocenters. The van der Waals surface area contributed by atoms with Gasteiger partial charge < -0.3 is 54.3 Å². The van der Waals surface area contributed by atoms with Crippen molar-refractivity contribution in [1.29, 1.82) is 0 Å². The van der Waals surface area contributed by atoms with Crippen molar-refractivity contribution in [1.82, 2.24) is 78.3 Å². The van der Waals surface area contributed by atoms with E-state index in [0.29, 0.717) is 149 Å². The molecule has 34 nitrogen and oxygen atoms in total. The Labute approximate surface area is 731 Å². The Kier molecular flexibility index (Phi) is 22.9. The minimum atomic E-state index is -3.02. The third kappa shape index (κ3) is 15.9. The van der Waals surface area contributed by atoms with Gasteiger partial charge in [-0.15, -0.1) is 0 Å². The van der Waals surface area contributed by atoms with E-state index >= 15 is 22.0 Å². The predicted molar refractivity (Wildman–Crippen MR) is 455 cm³/mol. The number of carbonyl (C=O) groups is 6. The second-order valence-corrected chi connectivity index (χ2v) is 35.9. The number of imidazole rings is 1. The lowest BCUT2D eigenvalue weighted by atomic mass is 9.77. The highest BCUT2D eigenvalue weighted by Crippen LogP contribution is 2.48. The monoisotopic (exact) mass is 1760 g/mol. The number of hydrogen-bond acceptors (Lipinski definition) is 24. The van der Waals surface area contributed by atoms with Gasteiger partial charge in [-0.3, -0.25) is 67.7 Å². The quantitative estimate of drug-likeness (QED) is 0.0262. The maximum atomic E-state index is 15.9. The van der Waals surface area contributed by atoms with Crippen molar-refractivity contribution in [2.75, 3.05) is 103 Å². The van der Waals surface area contributed by atoms with E-state index in [-0.39, 0.29) is 163 Å². The maximum Gasteiger partial charge on any atom is 0.329 e. The maximum absolute atomic E-state index is 15.9. The molecule has 5 N–H and O–H groups in total. The number of amides is 6. The average Bonchev–Trinajstić information content (AvgIpc) is 1.60. The summed E-state index contributed by atoms with van der Waals surface area (Å²) >= 11 is 0. The van der Waals surface area contributed by atoms with E-state index in [0.717, 1.165) is 19.3 Å². The molecule has 16 heterocycles. The average molecular weight is 1760 g/mol. The van der Waals surface area contributed by atoms with Crippen LogP contribution < -0.4 is 46.6 Å². The number of ether oxygens (including phenoxy) is 4. The zero-order chi connectivity index (χ0) is 88.2. The molecule has 11 aliphatic rings. The molecule has 20 rings (SSSR count). The van der Waals surface area contributed by atoms with Crippen LogP contribution in [0.3, 0.4) is 0 Å². The lowest BCUT2D eigenvalue weighted by Gasteiger charge is -2.50. The first-order chi connectivity index (χ1) is 62.0. The Balaban J connectivity index is 0.487. The van der Waals surface area contributed by atoms with E-state index in [1.54, 1.807) is 59.2 Å². The number of alkyl halides is 5. The van der Waals surface area contributed by atoms with Crippen LogP contribution in [0.25, 0.3) is 22.3 Å². The number of carbonyl (C=O) groups excluding carboxylic acids is 6. The molecule has 10 fully saturated rings. The van der Waals surface area contributed by atoms with Gasteiger partial charge in [0.05, 0.1) is 119 Å². The molecular formula is C89H99F5N22O12. The van der Waals surface area contributed by atoms with Crippen LogP contribution in [0.4, 0.5) is 56.3 Å². The summed E-state index contributed by atoms with van der Waals surface area (Å²) in [6, 6.07) is 12.1. The van der Waals surface area contributed by atoms with Gasteiger partial charge in [0.25, 0.3) is 24.7 Å². The third-order valence-corrected chi connectivity index (χ3v) is 28.2. The number of piperidine rings is 4. The molecule has 0 spiro atoms. The Morgan fingerprint density at radius 1 is 0.656 bits per heavy atom. The van der Waals surface area contributed by atoms with Crippen molar-refractivity contribution in [2.24, 2.45) is 24.8 Å². The van der Waals surface area contributed by atoms with Crippen LogP contribution in [-0.2, 0) is 45.2 Å². The van der Waals surface area contributed by atoms with Gasteiger partial charge in [-0.05, 0) is 144 Å². The number of aryl methyl sites for hydroxylation is 1. The molecule has 8 saturated heterocycles. The smallest absolute Gasteiger partial charge is 0.329 e. The van der Waals surface area contributed by atoms with Gasteiger partial charge in [0.1, 0.15) is 54.2 Å². The van der Waals surface area contributed by atoms with Crippen molar-refractivity contribution in [3.8, 4) is 23.7 Å². The largest absolute Gasteiger partial charge is 0.374 e. The van der Waals surface area contributed by atoms with Gasteiger partial charge in [-0.25, -0.2) is 45.7 Å². The Hall–Kier alpha value is -11.7. The SMILES string of the molecule is C[C@H]1CN(C(C2CCC(n3cc(NC(=O)c4cnn5ccc(N6C[C@H]7C[C@@H]6CO7)nc45)c(C(F)F)n3)CC2)C2O[C@@H]3C[C@H]2N(c2ccn4ncc(C(=O)Nc5cn(C6CCC(CN7CC[C@H](OCC#Cc8cccc9c8n(C)c(=O)n9C8CCC(=O)NC8=O)[C@H](F)C7)CC6)nc5C(F)F)c4n2)C3)CC[C@@H]1OCC#Cc1cccc2c1N(C)C(O)N2C1CCC(=O)NC1=O. The van der Waals surface area contributed by atoms with Crippen molar-refractivity contribution in [2.45, 2.75) is 208 Å². The number of imide groups is 2. The fourth-order valence-corrected chi connectivity index (χ4v) is 21.9. The third-order valence-electron chi connectivity index (χ3n) is 28.2. The van der Waals surface area contributed by atoms with Crippen LogP contribution in [0.2, 0.25) is 0 Å². The fraction of sp³-hybridized carbons (Fsp3) is 0.539. The van der Waals surface area contributed by atoms with E-state index in [4.69, 9.17) is 28.9 Å². The fourth-order valence-electron chi connectivity index (χ4n) is 21.9. The van der Waals surface area contributed by atoms with E-state index in [1.165, 1.54) is 47.6 Å². The summed E-state index contributed by atoms with van der Waals surface area (Å²) < 4.78 is 111. The molecule has 128 heavy (non-hydrogen) atoms. The number of benzene rings is 2. The highest BCUT2D eigenvalue weighted by Gasteiger charge is 2.54. The number of aliphatic hydroxyl groups is 1. The van der Waals surface area contributed by atoms with Gasteiger partial charge in [0, 0.05) is 104 Å². The number of aromatic nitrogens is 12. The molecule has 9 aliphatic heterocycles. The highest BCUT2D eigenvalue weighted by atomic mass is 19.3. The number of morpholine rings is 2. The molecule has 39 heteroatoms. The van der Waals surface area contributed by atoms with Crippen LogP contribution in [0, 0.1) is 41.4 Å². The first kappa shape index (κ1) is 84.4. The lowest BCUT2D eigenvalue weighted by Crippen LogP contribution is -2.60. The van der Waals surface area contributed by atoms with Gasteiger partial charge >= 0.3 is 5.69 Å². The second-order valence-electron chi connectivity index (χ2n) is 35.9. The van der Waals surface area contributed by atoms with Gasteiger partial charge in [0.15, 0.2) is 22.7 Å². The molecule has 2 aliphatic carbocycles. The van der Waals surface area contributed by atoms with E-state index in [9.17, 15) is 38.7 Å². The summed E-state index contributed by atoms with van der Waals surface area (Å²) in [5.74, 6) is 11.0. The number of anilines is 6. The van der Waals surface area contributed by atoms with E-state index in [2.05, 4.69) is 91.9 Å². The van der Waals surface area contributed by atoms with Crippen molar-refractivity contribution < 1.29 is 74.8 Å². The van der Waals surface area contributed by atoms with E-state index < -0.39 is 84.3 Å². The minimum absolute atomic E-state index is 0.0178. The summed E-state index contributed by atoms with van der Waals surface area (Å²) in [5.41, 5.74) is 2.37. The van der Waals surface area contributed by atoms with E-state index in [1.807, 2.05) is 30.3 Å². The normalized spacial score (nSPS) is 28.2. The molecule has 7 aromatic heterocycles. The number of hydrogen-bond donors (Lipinski definition) is 5. The number of fused-ring (bicyclic) bond motifs is 8. The molecule has 9 aromatic rings. The Morgan fingerprint density at radius 3 is 1.85 bits per heavy atom. The van der Waals surface area contributed by atoms with Crippen LogP contribution in [0.1, 0.15) is 184 Å². The van der Waals surface area contributed by atoms with Gasteiger partial charge in [-0.2, -0.15) is 20.4 Å². The van der Waals surface area contributed by atoms with Crippen molar-refractivity contribution in [3.05, 3.63) is 130 Å². The molecule has 2 saturated carbocycles. The zero-order valence-electron chi connectivity index (χ0n) is 70.8. The number of nitrogens with one attached hydrogen (secondary N) is 4. The van der Waals surface area contributed by atoms with Gasteiger partial charge in [-0.1, -0.05) is 42.7 Å². The first-order valence-corrected chi connectivity index (χ1v) is 44.4. The number of para-hydroxylation sites is 2. The highest BCUT2D eigenvalue weighted by molar-refractivity contribution is 6.09. The van der Waals surface area contributed by atoms with Crippen LogP contribution in [-0.4, -0.2) is 248 Å². The molecule has 5 unspecified atom stereocenters. The number of aliphatic hydroxyl groups excluding tert-OH is 1. The van der Waals surface area contributed by atoms with Crippen LogP contribution in [0.5, 0.6) is 0 Å². The standard InChI is InChI=1S/C89H99F5N22O12/c1-48-40-108(31-27-68(48)125-34-6-10-50-8-4-12-63-76(50)105(2)88(123)115(63)65-22-24-72(117)101-86(65)121)78(52-16-20-54(21-17-52)114-46-62(75(104-114)81(93)94)98-84(119)58-38-95-111-32-28-70(99-82(58)111)109-42-56-36-55(109)47-127-56)79-67-37-57(128-79)43-110(67)71-29-33-112-83(100-71)59(39-96-112)85(120)97-61-45-113(103-74(61)80(91)92)53-18-14-49(15-19-53)41-107-30-26-69(60(90)44-107)126-35-7-11-51-9-5-13-64-77(51)106(3)89(124)116(64)66-23-25-73(118)102-87(66)122/h4-5,8-9,12-13,28-29,32-33,38-39,45-46,48-49,52-57,60,65-69,78-81,88,123H,14-27,30-31,34-37,40-44,47H2,1-3H3,(H,97,120)(H,98,119)(H,101,117,121)(H,102,118,122)/t48-,49?,52?,53?,54?,55+,56+,57+,60+,65?,66?,67+,68-,69-,78?,79?,88?/m0/s1.